The third-order valence-electron chi connectivity index (χ3n) is 5.98. The number of fused-ring (bicyclic) bond motifs is 1. The molecular formula is C25H26FN7OS. The zero-order valence-electron chi connectivity index (χ0n) is 19.4. The summed E-state index contributed by atoms with van der Waals surface area (Å²) in [6.45, 7) is 4.36. The minimum absolute atomic E-state index is 0.112. The number of thiazole rings is 1. The molecule has 2 aromatic heterocycles. The van der Waals surface area contributed by atoms with Crippen molar-refractivity contribution < 1.29 is 9.18 Å². The van der Waals surface area contributed by atoms with E-state index in [0.29, 0.717) is 32.0 Å². The molecule has 3 heterocycles. The highest BCUT2D eigenvalue weighted by Crippen LogP contribution is 2.30. The molecule has 0 atom stereocenters. The van der Waals surface area contributed by atoms with Gasteiger partial charge in [-0.2, -0.15) is 4.98 Å². The Labute approximate surface area is 206 Å². The van der Waals surface area contributed by atoms with Crippen molar-refractivity contribution in [3.05, 3.63) is 70.5 Å². The van der Waals surface area contributed by atoms with Crippen LogP contribution in [0.25, 0.3) is 10.3 Å². The number of halogens is 1. The Balaban J connectivity index is 1.26. The number of urea groups is 1. The minimum atomic E-state index is -0.239. The molecule has 8 nitrogen and oxygen atoms in total. The third-order valence-corrected chi connectivity index (χ3v) is 6.99. The highest BCUT2D eigenvalue weighted by Gasteiger charge is 2.25. The predicted molar refractivity (Wildman–Crippen MR) is 137 cm³/mol. The number of benzene rings is 2. The summed E-state index contributed by atoms with van der Waals surface area (Å²) >= 11 is 1.50. The molecule has 1 saturated heterocycles. The molecule has 1 aliphatic heterocycles. The Hall–Kier alpha value is -3.79. The molecule has 180 valence electrons. The van der Waals surface area contributed by atoms with Crippen LogP contribution in [0.3, 0.4) is 0 Å². The maximum absolute atomic E-state index is 13.2. The first-order valence-corrected chi connectivity index (χ1v) is 12.3. The molecule has 0 bridgehead atoms. The van der Waals surface area contributed by atoms with Gasteiger partial charge >= 0.3 is 6.03 Å². The standard InChI is InChI=1S/C25H26FN7OS/c1-16-3-2-4-19(15-16)28-25(34)33-13-11-32(12-14-33)22-21-23(31-24(27)30-22)35-20(29-21)10-7-17-5-8-18(26)9-6-17/h2-6,8-9,15H,7,10-14H2,1H3,(H,28,34)(H2,27,30,31). The largest absolute Gasteiger partial charge is 0.368 e. The summed E-state index contributed by atoms with van der Waals surface area (Å²) in [7, 11) is 0. The lowest BCUT2D eigenvalue weighted by Crippen LogP contribution is -2.50. The molecule has 10 heteroatoms. The van der Waals surface area contributed by atoms with Crippen LogP contribution in [-0.2, 0) is 12.8 Å². The van der Waals surface area contributed by atoms with Gasteiger partial charge in [0.05, 0.1) is 5.01 Å². The normalized spacial score (nSPS) is 13.9. The lowest BCUT2D eigenvalue weighted by molar-refractivity contribution is 0.208. The van der Waals surface area contributed by atoms with E-state index in [4.69, 9.17) is 10.7 Å². The summed E-state index contributed by atoms with van der Waals surface area (Å²) in [4.78, 5) is 31.1. The topological polar surface area (TPSA) is 100 Å². The Kier molecular flexibility index (Phi) is 6.45. The van der Waals surface area contributed by atoms with Crippen molar-refractivity contribution in [1.29, 1.82) is 0 Å². The van der Waals surface area contributed by atoms with E-state index in [1.807, 2.05) is 31.2 Å². The van der Waals surface area contributed by atoms with E-state index in [-0.39, 0.29) is 17.8 Å². The maximum atomic E-state index is 13.2. The first kappa shape index (κ1) is 23.0. The first-order valence-electron chi connectivity index (χ1n) is 11.5. The average molecular weight is 492 g/mol. The van der Waals surface area contributed by atoms with Crippen molar-refractivity contribution in [2.24, 2.45) is 0 Å². The van der Waals surface area contributed by atoms with Crippen molar-refractivity contribution in [3.63, 3.8) is 0 Å². The van der Waals surface area contributed by atoms with E-state index in [2.05, 4.69) is 20.2 Å². The summed E-state index contributed by atoms with van der Waals surface area (Å²) in [6, 6.07) is 14.2. The van der Waals surface area contributed by atoms with Crippen LogP contribution in [0.5, 0.6) is 0 Å². The number of rotatable bonds is 5. The summed E-state index contributed by atoms with van der Waals surface area (Å²) in [5.74, 6) is 0.674. The lowest BCUT2D eigenvalue weighted by Gasteiger charge is -2.35. The van der Waals surface area contributed by atoms with E-state index < -0.39 is 0 Å². The van der Waals surface area contributed by atoms with E-state index in [1.165, 1.54) is 23.5 Å². The Bertz CT molecular complexity index is 1350. The zero-order valence-corrected chi connectivity index (χ0v) is 20.2. The second kappa shape index (κ2) is 9.83. The fourth-order valence-electron chi connectivity index (χ4n) is 4.14. The molecule has 2 amide bonds. The number of nitrogens with one attached hydrogen (secondary N) is 1. The molecular weight excluding hydrogens is 465 g/mol. The predicted octanol–water partition coefficient (Wildman–Crippen LogP) is 4.26. The molecule has 5 rings (SSSR count). The molecule has 0 radical (unpaired) electrons. The number of nitrogen functional groups attached to an aromatic ring is 1. The SMILES string of the molecule is Cc1cccc(NC(=O)N2CCN(c3nc(N)nc4sc(CCc5ccc(F)cc5)nc34)CC2)c1. The van der Waals surface area contributed by atoms with Gasteiger partial charge in [0.2, 0.25) is 5.95 Å². The number of aryl methyl sites for hydroxylation is 3. The van der Waals surface area contributed by atoms with Gasteiger partial charge in [0.15, 0.2) is 10.6 Å². The summed E-state index contributed by atoms with van der Waals surface area (Å²) in [5, 5.41) is 3.90. The highest BCUT2D eigenvalue weighted by molar-refractivity contribution is 7.18. The van der Waals surface area contributed by atoms with Gasteiger partial charge < -0.3 is 20.9 Å². The van der Waals surface area contributed by atoms with Crippen LogP contribution >= 0.6 is 11.3 Å². The van der Waals surface area contributed by atoms with Gasteiger partial charge in [0.1, 0.15) is 11.3 Å². The van der Waals surface area contributed by atoms with E-state index >= 15 is 0 Å². The van der Waals surface area contributed by atoms with Gasteiger partial charge in [-0.15, -0.1) is 0 Å². The van der Waals surface area contributed by atoms with Crippen LogP contribution in [0.2, 0.25) is 0 Å². The number of amides is 2. The number of carbonyl (C=O) groups is 1. The smallest absolute Gasteiger partial charge is 0.321 e. The molecule has 0 spiro atoms. The number of piperazine rings is 1. The maximum Gasteiger partial charge on any atom is 0.321 e. The number of nitrogens with zero attached hydrogens (tertiary/aromatic N) is 5. The second-order valence-electron chi connectivity index (χ2n) is 8.57. The number of carbonyl (C=O) groups excluding carboxylic acids is 1. The fourth-order valence-corrected chi connectivity index (χ4v) is 5.08. The van der Waals surface area contributed by atoms with Crippen LogP contribution in [0.15, 0.2) is 48.5 Å². The van der Waals surface area contributed by atoms with Gasteiger partial charge in [-0.3, -0.25) is 0 Å². The van der Waals surface area contributed by atoms with Crippen molar-refractivity contribution >= 4 is 45.2 Å². The Morgan fingerprint density at radius 2 is 1.83 bits per heavy atom. The minimum Gasteiger partial charge on any atom is -0.368 e. The van der Waals surface area contributed by atoms with Gasteiger partial charge in [0.25, 0.3) is 0 Å². The molecule has 3 N–H and O–H groups in total. The summed E-state index contributed by atoms with van der Waals surface area (Å²) < 4.78 is 13.2. The van der Waals surface area contributed by atoms with Crippen molar-refractivity contribution in [1.82, 2.24) is 19.9 Å². The number of aromatic nitrogens is 3. The van der Waals surface area contributed by atoms with Crippen LogP contribution in [-0.4, -0.2) is 52.1 Å². The molecule has 1 aliphatic rings. The van der Waals surface area contributed by atoms with Gasteiger partial charge in [-0.25, -0.2) is 19.2 Å². The average Bonchev–Trinajstić information content (AvgIpc) is 3.26. The molecule has 0 saturated carbocycles. The fraction of sp³-hybridized carbons (Fsp3) is 0.280. The van der Waals surface area contributed by atoms with Crippen molar-refractivity contribution in [3.8, 4) is 0 Å². The summed E-state index contributed by atoms with van der Waals surface area (Å²) in [5.41, 5.74) is 9.68. The van der Waals surface area contributed by atoms with Gasteiger partial charge in [-0.1, -0.05) is 35.6 Å². The lowest BCUT2D eigenvalue weighted by atomic mass is 10.1. The van der Waals surface area contributed by atoms with Crippen LogP contribution in [0.1, 0.15) is 16.1 Å². The van der Waals surface area contributed by atoms with Crippen LogP contribution in [0, 0.1) is 12.7 Å². The molecule has 35 heavy (non-hydrogen) atoms. The quantitative estimate of drug-likeness (QED) is 0.433. The number of nitrogens with two attached hydrogens (primary N) is 1. The third kappa shape index (κ3) is 5.32. The molecule has 0 aliphatic carbocycles. The molecule has 4 aromatic rings. The molecule has 2 aromatic carbocycles. The second-order valence-corrected chi connectivity index (χ2v) is 9.63. The van der Waals surface area contributed by atoms with Crippen molar-refractivity contribution in [2.75, 3.05) is 42.1 Å². The molecule has 1 fully saturated rings. The van der Waals surface area contributed by atoms with Crippen molar-refractivity contribution in [2.45, 2.75) is 19.8 Å². The van der Waals surface area contributed by atoms with E-state index in [1.54, 1.807) is 17.0 Å². The van der Waals surface area contributed by atoms with Gasteiger partial charge in [-0.05, 0) is 48.7 Å². The number of hydrogen-bond donors (Lipinski definition) is 2. The first-order chi connectivity index (χ1) is 16.9. The van der Waals surface area contributed by atoms with E-state index in [0.717, 1.165) is 45.0 Å². The Morgan fingerprint density at radius 3 is 2.57 bits per heavy atom. The number of anilines is 3. The van der Waals surface area contributed by atoms with Gasteiger partial charge in [0, 0.05) is 38.3 Å². The number of hydrogen-bond acceptors (Lipinski definition) is 7. The van der Waals surface area contributed by atoms with E-state index in [9.17, 15) is 9.18 Å². The zero-order chi connectivity index (χ0) is 24.4. The van der Waals surface area contributed by atoms with Crippen LogP contribution < -0.4 is 16.0 Å². The monoisotopic (exact) mass is 491 g/mol. The molecule has 0 unspecified atom stereocenters. The van der Waals surface area contributed by atoms with Crippen LogP contribution in [0.4, 0.5) is 26.6 Å². The highest BCUT2D eigenvalue weighted by atomic mass is 32.1. The summed E-state index contributed by atoms with van der Waals surface area (Å²) in [6.07, 6.45) is 1.48. The Morgan fingerprint density at radius 1 is 1.06 bits per heavy atom.